The summed E-state index contributed by atoms with van der Waals surface area (Å²) in [7, 11) is 1.50. The number of fused-ring (bicyclic) bond motifs is 1. The highest BCUT2D eigenvalue weighted by Crippen LogP contribution is 2.29. The quantitative estimate of drug-likeness (QED) is 0.355. The molecule has 0 spiro atoms. The Morgan fingerprint density at radius 2 is 1.80 bits per heavy atom. The van der Waals surface area contributed by atoms with Crippen molar-refractivity contribution in [2.45, 2.75) is 39.8 Å². The number of aromatic amines is 1. The number of piperidine rings is 1. The Morgan fingerprint density at radius 1 is 1.10 bits per heavy atom. The highest BCUT2D eigenvalue weighted by Gasteiger charge is 2.26. The standard InChI is InChI=1S/C32H33N5O4/c1-20-16-28(41-3)26(30(38)35-20)18-34-31(39)29-21(2)37(27-7-5-4-6-25(27)29)19-23-12-14-36(15-13-23)32(40)24-10-8-22(17-33)9-11-24/h4-11,16,23H,12-15,18-19H2,1-3H3,(H,34,39)(H,35,38). The second-order valence-electron chi connectivity index (χ2n) is 10.5. The molecule has 1 aliphatic rings. The Kier molecular flexibility index (Phi) is 7.92. The summed E-state index contributed by atoms with van der Waals surface area (Å²) < 4.78 is 7.57. The van der Waals surface area contributed by atoms with E-state index in [-0.39, 0.29) is 23.9 Å². The number of amides is 2. The minimum absolute atomic E-state index is 0.0152. The van der Waals surface area contributed by atoms with E-state index in [9.17, 15) is 14.4 Å². The number of nitriles is 1. The number of benzene rings is 2. The zero-order valence-electron chi connectivity index (χ0n) is 23.5. The fraction of sp³-hybridized carbons (Fsp3) is 0.312. The van der Waals surface area contributed by atoms with E-state index in [4.69, 9.17) is 10.00 Å². The molecule has 2 N–H and O–H groups in total. The van der Waals surface area contributed by atoms with E-state index in [1.807, 2.05) is 36.1 Å². The molecule has 0 unspecified atom stereocenters. The number of hydrogen-bond acceptors (Lipinski definition) is 5. The van der Waals surface area contributed by atoms with Crippen molar-refractivity contribution < 1.29 is 14.3 Å². The van der Waals surface area contributed by atoms with E-state index in [1.54, 1.807) is 37.3 Å². The number of carbonyl (C=O) groups excluding carboxylic acids is 2. The maximum absolute atomic E-state index is 13.5. The van der Waals surface area contributed by atoms with Gasteiger partial charge in [0.2, 0.25) is 0 Å². The monoisotopic (exact) mass is 551 g/mol. The lowest BCUT2D eigenvalue weighted by Crippen LogP contribution is -2.39. The van der Waals surface area contributed by atoms with Crippen LogP contribution in [0.4, 0.5) is 0 Å². The number of rotatable bonds is 7. The topological polar surface area (TPSA) is 120 Å². The summed E-state index contributed by atoms with van der Waals surface area (Å²) in [5, 5.41) is 12.8. The van der Waals surface area contributed by atoms with Crippen LogP contribution in [0.25, 0.3) is 10.9 Å². The summed E-state index contributed by atoms with van der Waals surface area (Å²) in [6.45, 7) is 5.83. The van der Waals surface area contributed by atoms with Crippen molar-refractivity contribution in [3.05, 3.63) is 98.6 Å². The summed E-state index contributed by atoms with van der Waals surface area (Å²) in [5.41, 5.74) is 4.34. The van der Waals surface area contributed by atoms with Crippen molar-refractivity contribution >= 4 is 22.7 Å². The van der Waals surface area contributed by atoms with Gasteiger partial charge in [0.05, 0.1) is 36.4 Å². The van der Waals surface area contributed by atoms with Crippen LogP contribution in [0.1, 0.15) is 56.1 Å². The fourth-order valence-corrected chi connectivity index (χ4v) is 5.69. The third kappa shape index (κ3) is 5.59. The van der Waals surface area contributed by atoms with E-state index < -0.39 is 0 Å². The minimum Gasteiger partial charge on any atom is -0.496 e. The molecule has 0 bridgehead atoms. The number of carbonyl (C=O) groups is 2. The SMILES string of the molecule is COc1cc(C)[nH]c(=O)c1CNC(=O)c1c(C)n(CC2CCN(C(=O)c3ccc(C#N)cc3)CC2)c2ccccc12. The molecule has 1 aliphatic heterocycles. The van der Waals surface area contributed by atoms with Gasteiger partial charge in [-0.2, -0.15) is 5.26 Å². The molecule has 3 heterocycles. The van der Waals surface area contributed by atoms with Crippen LogP contribution in [0.5, 0.6) is 5.75 Å². The average molecular weight is 552 g/mol. The maximum atomic E-state index is 13.5. The molecule has 2 aromatic heterocycles. The lowest BCUT2D eigenvalue weighted by molar-refractivity contribution is 0.0682. The lowest BCUT2D eigenvalue weighted by atomic mass is 9.96. The molecule has 0 aliphatic carbocycles. The van der Waals surface area contributed by atoms with Crippen LogP contribution < -0.4 is 15.6 Å². The van der Waals surface area contributed by atoms with Crippen molar-refractivity contribution in [3.63, 3.8) is 0 Å². The average Bonchev–Trinajstić information content (AvgIpc) is 3.27. The summed E-state index contributed by atoms with van der Waals surface area (Å²) in [6, 6.07) is 18.4. The first-order valence-corrected chi connectivity index (χ1v) is 13.7. The second-order valence-corrected chi connectivity index (χ2v) is 10.5. The third-order valence-corrected chi connectivity index (χ3v) is 7.94. The molecule has 4 aromatic rings. The molecule has 1 fully saturated rings. The van der Waals surface area contributed by atoms with Gasteiger partial charge in [0.25, 0.3) is 17.4 Å². The summed E-state index contributed by atoms with van der Waals surface area (Å²) in [6.07, 6.45) is 1.71. The molecule has 210 valence electrons. The van der Waals surface area contributed by atoms with Gasteiger partial charge in [-0.3, -0.25) is 14.4 Å². The molecule has 2 aromatic carbocycles. The molecule has 0 radical (unpaired) electrons. The van der Waals surface area contributed by atoms with Crippen LogP contribution in [0.2, 0.25) is 0 Å². The van der Waals surface area contributed by atoms with Crippen LogP contribution >= 0.6 is 0 Å². The zero-order valence-corrected chi connectivity index (χ0v) is 23.5. The first-order valence-electron chi connectivity index (χ1n) is 13.7. The van der Waals surface area contributed by atoms with E-state index in [2.05, 4.69) is 20.9 Å². The van der Waals surface area contributed by atoms with Gasteiger partial charge in [0.15, 0.2) is 0 Å². The highest BCUT2D eigenvalue weighted by molar-refractivity contribution is 6.08. The Morgan fingerprint density at radius 3 is 2.49 bits per heavy atom. The number of methoxy groups -OCH3 is 1. The predicted molar refractivity (Wildman–Crippen MR) is 156 cm³/mol. The van der Waals surface area contributed by atoms with E-state index in [0.29, 0.717) is 52.7 Å². The normalized spacial score (nSPS) is 13.7. The van der Waals surface area contributed by atoms with Gasteiger partial charge < -0.3 is 24.5 Å². The van der Waals surface area contributed by atoms with E-state index in [0.717, 1.165) is 36.0 Å². The maximum Gasteiger partial charge on any atom is 0.256 e. The molecule has 5 rings (SSSR count). The number of para-hydroxylation sites is 1. The molecule has 1 saturated heterocycles. The number of likely N-dealkylation sites (tertiary alicyclic amines) is 1. The van der Waals surface area contributed by atoms with Crippen molar-refractivity contribution in [2.24, 2.45) is 5.92 Å². The molecular weight excluding hydrogens is 518 g/mol. The van der Waals surface area contributed by atoms with Gasteiger partial charge in [-0.1, -0.05) is 18.2 Å². The minimum atomic E-state index is -0.287. The Balaban J connectivity index is 1.30. The van der Waals surface area contributed by atoms with Crippen LogP contribution in [0, 0.1) is 31.1 Å². The number of nitrogens with one attached hydrogen (secondary N) is 2. The number of aromatic nitrogens is 2. The molecule has 9 nitrogen and oxygen atoms in total. The van der Waals surface area contributed by atoms with Crippen molar-refractivity contribution in [1.29, 1.82) is 5.26 Å². The first-order chi connectivity index (χ1) is 19.8. The summed E-state index contributed by atoms with van der Waals surface area (Å²) in [5.74, 6) is 0.524. The van der Waals surface area contributed by atoms with E-state index in [1.165, 1.54) is 7.11 Å². The van der Waals surface area contributed by atoms with Gasteiger partial charge in [-0.05, 0) is 69.0 Å². The third-order valence-electron chi connectivity index (χ3n) is 7.94. The number of pyridine rings is 1. The fourth-order valence-electron chi connectivity index (χ4n) is 5.69. The van der Waals surface area contributed by atoms with Crippen molar-refractivity contribution in [2.75, 3.05) is 20.2 Å². The zero-order chi connectivity index (χ0) is 29.1. The Hall–Kier alpha value is -4.84. The number of hydrogen-bond donors (Lipinski definition) is 2. The predicted octanol–water partition coefficient (Wildman–Crippen LogP) is 4.31. The van der Waals surface area contributed by atoms with Gasteiger partial charge in [-0.15, -0.1) is 0 Å². The highest BCUT2D eigenvalue weighted by atomic mass is 16.5. The van der Waals surface area contributed by atoms with E-state index >= 15 is 0 Å². The van der Waals surface area contributed by atoms with Crippen molar-refractivity contribution in [1.82, 2.24) is 19.8 Å². The number of aryl methyl sites for hydroxylation is 1. The van der Waals surface area contributed by atoms with Gasteiger partial charge in [0, 0.05) is 47.5 Å². The number of ether oxygens (including phenoxy) is 1. The van der Waals surface area contributed by atoms with Crippen LogP contribution in [-0.4, -0.2) is 46.5 Å². The van der Waals surface area contributed by atoms with Crippen molar-refractivity contribution in [3.8, 4) is 11.8 Å². The molecule has 41 heavy (non-hydrogen) atoms. The van der Waals surface area contributed by atoms with Crippen LogP contribution in [0.15, 0.2) is 59.4 Å². The largest absolute Gasteiger partial charge is 0.496 e. The van der Waals surface area contributed by atoms with Crippen LogP contribution in [0.3, 0.4) is 0 Å². The molecular formula is C32H33N5O4. The second kappa shape index (κ2) is 11.7. The molecule has 9 heteroatoms. The summed E-state index contributed by atoms with van der Waals surface area (Å²) >= 11 is 0. The molecule has 0 saturated carbocycles. The number of nitrogens with zero attached hydrogens (tertiary/aromatic N) is 3. The lowest BCUT2D eigenvalue weighted by Gasteiger charge is -2.32. The first kappa shape index (κ1) is 27.7. The Bertz CT molecular complexity index is 1700. The van der Waals surface area contributed by atoms with Crippen LogP contribution in [-0.2, 0) is 13.1 Å². The Labute approximate surface area is 238 Å². The van der Waals surface area contributed by atoms with Gasteiger partial charge in [-0.25, -0.2) is 0 Å². The molecule has 0 atom stereocenters. The molecule has 2 amide bonds. The van der Waals surface area contributed by atoms with Gasteiger partial charge >= 0.3 is 0 Å². The smallest absolute Gasteiger partial charge is 0.256 e. The number of H-pyrrole nitrogens is 1. The summed E-state index contributed by atoms with van der Waals surface area (Å²) in [4.78, 5) is 43.6. The van der Waals surface area contributed by atoms with Gasteiger partial charge in [0.1, 0.15) is 5.75 Å².